The van der Waals surface area contributed by atoms with E-state index >= 15 is 0 Å². The second kappa shape index (κ2) is 6.16. The van der Waals surface area contributed by atoms with Gasteiger partial charge >= 0.3 is 0 Å². The highest BCUT2D eigenvalue weighted by Gasteiger charge is 2.04. The van der Waals surface area contributed by atoms with Gasteiger partial charge in [-0.25, -0.2) is 10.2 Å². The van der Waals surface area contributed by atoms with E-state index in [9.17, 15) is 9.18 Å². The fourth-order valence-corrected chi connectivity index (χ4v) is 1.71. The normalized spacial score (nSPS) is 10.2. The summed E-state index contributed by atoms with van der Waals surface area (Å²) in [5.41, 5.74) is 3.99. The first-order valence-electron chi connectivity index (χ1n) is 6.09. The van der Waals surface area contributed by atoms with E-state index in [1.54, 1.807) is 43.3 Å². The molecule has 0 saturated carbocycles. The third-order valence-corrected chi connectivity index (χ3v) is 2.88. The number of nitrogens with one attached hydrogen (secondary N) is 1. The minimum absolute atomic E-state index is 0.255. The van der Waals surface area contributed by atoms with Crippen LogP contribution in [0.1, 0.15) is 21.5 Å². The van der Waals surface area contributed by atoms with Crippen LogP contribution >= 0.6 is 0 Å². The number of amides is 1. The molecular formula is C15H15FN2O2. The van der Waals surface area contributed by atoms with Gasteiger partial charge in [-0.05, 0) is 48.4 Å². The number of benzene rings is 2. The van der Waals surface area contributed by atoms with Crippen LogP contribution in [0, 0.1) is 12.7 Å². The van der Waals surface area contributed by atoms with E-state index in [-0.39, 0.29) is 11.7 Å². The van der Waals surface area contributed by atoms with Crippen LogP contribution in [0.3, 0.4) is 0 Å². The third-order valence-electron chi connectivity index (χ3n) is 2.88. The number of ether oxygens (including phenoxy) is 1. The van der Waals surface area contributed by atoms with Crippen molar-refractivity contribution < 1.29 is 13.9 Å². The molecule has 104 valence electrons. The molecule has 0 radical (unpaired) electrons. The lowest BCUT2D eigenvalue weighted by Crippen LogP contribution is -2.29. The summed E-state index contributed by atoms with van der Waals surface area (Å²) < 4.78 is 18.7. The van der Waals surface area contributed by atoms with Crippen LogP contribution in [0.2, 0.25) is 0 Å². The summed E-state index contributed by atoms with van der Waals surface area (Å²) in [6, 6.07) is 11.5. The lowest BCUT2D eigenvalue weighted by atomic mass is 10.1. The van der Waals surface area contributed by atoms with Gasteiger partial charge in [-0.15, -0.1) is 0 Å². The van der Waals surface area contributed by atoms with Crippen molar-refractivity contribution in [2.24, 2.45) is 5.84 Å². The molecule has 0 fully saturated rings. The lowest BCUT2D eigenvalue weighted by Gasteiger charge is -2.08. The summed E-state index contributed by atoms with van der Waals surface area (Å²) in [5, 5.41) is 0. The van der Waals surface area contributed by atoms with Crippen molar-refractivity contribution in [3.05, 3.63) is 65.0 Å². The number of aryl methyl sites for hydroxylation is 1. The van der Waals surface area contributed by atoms with E-state index < -0.39 is 0 Å². The average molecular weight is 274 g/mol. The summed E-state index contributed by atoms with van der Waals surface area (Å²) in [6.07, 6.45) is 0. The molecular weight excluding hydrogens is 259 g/mol. The molecule has 0 saturated heterocycles. The van der Waals surface area contributed by atoms with Crippen LogP contribution in [0.4, 0.5) is 4.39 Å². The minimum Gasteiger partial charge on any atom is -0.489 e. The zero-order valence-corrected chi connectivity index (χ0v) is 11.0. The van der Waals surface area contributed by atoms with Crippen molar-refractivity contribution in [3.8, 4) is 5.75 Å². The zero-order valence-electron chi connectivity index (χ0n) is 11.0. The van der Waals surface area contributed by atoms with Crippen LogP contribution < -0.4 is 16.0 Å². The molecule has 5 heteroatoms. The molecule has 2 aromatic rings. The third kappa shape index (κ3) is 3.33. The van der Waals surface area contributed by atoms with Gasteiger partial charge in [0.1, 0.15) is 18.2 Å². The summed E-state index contributed by atoms with van der Waals surface area (Å²) in [6.45, 7) is 2.03. The molecule has 0 spiro atoms. The van der Waals surface area contributed by atoms with Crippen molar-refractivity contribution in [2.45, 2.75) is 13.5 Å². The number of nitrogen functional groups attached to an aromatic ring is 1. The largest absolute Gasteiger partial charge is 0.489 e. The maximum atomic E-state index is 13.1. The van der Waals surface area contributed by atoms with Crippen molar-refractivity contribution in [1.29, 1.82) is 0 Å². The standard InChI is InChI=1S/C15H15FN2O2/c1-10-8-13(6-7-14(10)16)20-9-11-2-4-12(5-3-11)15(19)18-17/h2-8H,9,17H2,1H3,(H,18,19). The molecule has 0 aliphatic rings. The lowest BCUT2D eigenvalue weighted by molar-refractivity contribution is 0.0953. The molecule has 0 aliphatic heterocycles. The van der Waals surface area contributed by atoms with Gasteiger partial charge in [0.15, 0.2) is 0 Å². The average Bonchev–Trinajstić information content (AvgIpc) is 2.48. The van der Waals surface area contributed by atoms with Gasteiger partial charge in [-0.2, -0.15) is 0 Å². The number of rotatable bonds is 4. The zero-order chi connectivity index (χ0) is 14.5. The van der Waals surface area contributed by atoms with Gasteiger partial charge in [0.05, 0.1) is 0 Å². The molecule has 0 bridgehead atoms. The monoisotopic (exact) mass is 274 g/mol. The molecule has 2 aromatic carbocycles. The van der Waals surface area contributed by atoms with Crippen LogP contribution in [0.5, 0.6) is 5.75 Å². The number of carbonyl (C=O) groups is 1. The first-order valence-corrected chi connectivity index (χ1v) is 6.09. The first-order chi connectivity index (χ1) is 9.60. The van der Waals surface area contributed by atoms with Crippen LogP contribution in [-0.4, -0.2) is 5.91 Å². The Hall–Kier alpha value is -2.40. The number of hydrogen-bond acceptors (Lipinski definition) is 3. The molecule has 0 aliphatic carbocycles. The highest BCUT2D eigenvalue weighted by atomic mass is 19.1. The number of hydrogen-bond donors (Lipinski definition) is 2. The Morgan fingerprint density at radius 1 is 1.25 bits per heavy atom. The second-order valence-electron chi connectivity index (χ2n) is 4.37. The minimum atomic E-state index is -0.341. The Balaban J connectivity index is 2.00. The first kappa shape index (κ1) is 14.0. The number of halogens is 1. The quantitative estimate of drug-likeness (QED) is 0.511. The van der Waals surface area contributed by atoms with E-state index in [1.165, 1.54) is 6.07 Å². The Kier molecular flexibility index (Phi) is 4.32. The molecule has 3 N–H and O–H groups in total. The summed E-state index contributed by atoms with van der Waals surface area (Å²) in [4.78, 5) is 11.3. The molecule has 0 unspecified atom stereocenters. The number of nitrogens with two attached hydrogens (primary N) is 1. The van der Waals surface area contributed by atoms with Gasteiger partial charge in [0.2, 0.25) is 0 Å². The van der Waals surface area contributed by atoms with Crippen molar-refractivity contribution >= 4 is 5.91 Å². The van der Waals surface area contributed by atoms with Crippen molar-refractivity contribution in [3.63, 3.8) is 0 Å². The highest BCUT2D eigenvalue weighted by molar-refractivity contribution is 5.93. The number of hydrazine groups is 1. The molecule has 20 heavy (non-hydrogen) atoms. The predicted octanol–water partition coefficient (Wildman–Crippen LogP) is 2.32. The van der Waals surface area contributed by atoms with Gasteiger partial charge < -0.3 is 4.74 Å². The summed E-state index contributed by atoms with van der Waals surface area (Å²) in [7, 11) is 0. The summed E-state index contributed by atoms with van der Waals surface area (Å²) in [5.74, 6) is 5.06. The molecule has 0 aromatic heterocycles. The summed E-state index contributed by atoms with van der Waals surface area (Å²) >= 11 is 0. The SMILES string of the molecule is Cc1cc(OCc2ccc(C(=O)NN)cc2)ccc1F. The smallest absolute Gasteiger partial charge is 0.265 e. The van der Waals surface area contributed by atoms with E-state index in [0.717, 1.165) is 5.56 Å². The Bertz CT molecular complexity index is 612. The van der Waals surface area contributed by atoms with Gasteiger partial charge in [-0.3, -0.25) is 10.2 Å². The fourth-order valence-electron chi connectivity index (χ4n) is 1.71. The highest BCUT2D eigenvalue weighted by Crippen LogP contribution is 2.17. The van der Waals surface area contributed by atoms with Crippen molar-refractivity contribution in [1.82, 2.24) is 5.43 Å². The van der Waals surface area contributed by atoms with E-state index in [4.69, 9.17) is 10.6 Å². The molecule has 0 atom stereocenters. The van der Waals surface area contributed by atoms with E-state index in [1.807, 2.05) is 0 Å². The van der Waals surface area contributed by atoms with Crippen LogP contribution in [-0.2, 0) is 6.61 Å². The topological polar surface area (TPSA) is 64.3 Å². The maximum absolute atomic E-state index is 13.1. The Morgan fingerprint density at radius 3 is 2.55 bits per heavy atom. The van der Waals surface area contributed by atoms with Gasteiger partial charge in [0, 0.05) is 5.56 Å². The Morgan fingerprint density at radius 2 is 1.95 bits per heavy atom. The maximum Gasteiger partial charge on any atom is 0.265 e. The molecule has 2 rings (SSSR count). The Labute approximate surface area is 116 Å². The number of carbonyl (C=O) groups excluding carboxylic acids is 1. The van der Waals surface area contributed by atoms with E-state index in [0.29, 0.717) is 23.5 Å². The second-order valence-corrected chi connectivity index (χ2v) is 4.37. The molecule has 1 amide bonds. The fraction of sp³-hybridized carbons (Fsp3) is 0.133. The van der Waals surface area contributed by atoms with Crippen molar-refractivity contribution in [2.75, 3.05) is 0 Å². The van der Waals surface area contributed by atoms with Gasteiger partial charge in [-0.1, -0.05) is 12.1 Å². The predicted molar refractivity (Wildman–Crippen MR) is 73.6 cm³/mol. The molecule has 0 heterocycles. The van der Waals surface area contributed by atoms with Crippen LogP contribution in [0.15, 0.2) is 42.5 Å². The van der Waals surface area contributed by atoms with E-state index in [2.05, 4.69) is 5.43 Å². The molecule has 4 nitrogen and oxygen atoms in total. The van der Waals surface area contributed by atoms with Gasteiger partial charge in [0.25, 0.3) is 5.91 Å². The van der Waals surface area contributed by atoms with Crippen LogP contribution in [0.25, 0.3) is 0 Å².